The molecular weight excluding hydrogens is 297 g/mol. The minimum Gasteiger partial charge on any atom is -0.328 e. The van der Waals surface area contributed by atoms with Gasteiger partial charge in [-0.3, -0.25) is 9.52 Å². The number of anilines is 1. The molecule has 0 radical (unpaired) electrons. The third-order valence-corrected chi connectivity index (χ3v) is 3.68. The maximum Gasteiger partial charge on any atom is 0.263 e. The van der Waals surface area contributed by atoms with E-state index < -0.39 is 38.7 Å². The molecular formula is C11H7F3N2O3S. The number of hydrogen-bond donors (Lipinski definition) is 2. The third-order valence-electron chi connectivity index (χ3n) is 2.30. The van der Waals surface area contributed by atoms with Crippen LogP contribution in [-0.4, -0.2) is 13.4 Å². The lowest BCUT2D eigenvalue weighted by atomic mass is 10.3. The number of benzene rings is 1. The highest BCUT2D eigenvalue weighted by molar-refractivity contribution is 7.92. The Kier molecular flexibility index (Phi) is 3.53. The molecule has 20 heavy (non-hydrogen) atoms. The standard InChI is InChI=1S/C11H7F3N2O3S/c12-8-3-6(4-9(13)11(8)14)16-20(18,19)7-1-2-10(17)15-5-7/h1-5,16H,(H,15,17). The van der Waals surface area contributed by atoms with Crippen LogP contribution in [0.1, 0.15) is 0 Å². The van der Waals surface area contributed by atoms with Crippen molar-refractivity contribution < 1.29 is 21.6 Å². The van der Waals surface area contributed by atoms with Gasteiger partial charge in [0, 0.05) is 24.4 Å². The zero-order valence-electron chi connectivity index (χ0n) is 9.65. The minimum absolute atomic E-state index is 0.317. The third kappa shape index (κ3) is 2.82. The molecule has 0 atom stereocenters. The van der Waals surface area contributed by atoms with E-state index >= 15 is 0 Å². The van der Waals surface area contributed by atoms with Crippen LogP contribution in [0.3, 0.4) is 0 Å². The summed E-state index contributed by atoms with van der Waals surface area (Å²) in [5.41, 5.74) is -0.990. The van der Waals surface area contributed by atoms with E-state index in [4.69, 9.17) is 0 Å². The van der Waals surface area contributed by atoms with Crippen LogP contribution in [0.5, 0.6) is 0 Å². The predicted octanol–water partition coefficient (Wildman–Crippen LogP) is 1.59. The van der Waals surface area contributed by atoms with E-state index in [1.807, 2.05) is 4.72 Å². The van der Waals surface area contributed by atoms with Gasteiger partial charge < -0.3 is 4.98 Å². The van der Waals surface area contributed by atoms with Gasteiger partial charge in [-0.1, -0.05) is 0 Å². The van der Waals surface area contributed by atoms with E-state index in [0.717, 1.165) is 18.3 Å². The van der Waals surface area contributed by atoms with Gasteiger partial charge in [-0.2, -0.15) is 0 Å². The van der Waals surface area contributed by atoms with Crippen LogP contribution >= 0.6 is 0 Å². The molecule has 0 aliphatic heterocycles. The second-order valence-electron chi connectivity index (χ2n) is 3.75. The Morgan fingerprint density at radius 2 is 1.65 bits per heavy atom. The van der Waals surface area contributed by atoms with Crippen molar-refractivity contribution in [3.8, 4) is 0 Å². The van der Waals surface area contributed by atoms with Crippen molar-refractivity contribution in [1.29, 1.82) is 0 Å². The first-order valence-corrected chi connectivity index (χ1v) is 6.64. The quantitative estimate of drug-likeness (QED) is 0.845. The number of H-pyrrole nitrogens is 1. The normalized spacial score (nSPS) is 11.3. The largest absolute Gasteiger partial charge is 0.328 e. The molecule has 5 nitrogen and oxygen atoms in total. The molecule has 0 aliphatic rings. The first-order chi connectivity index (χ1) is 9.29. The highest BCUT2D eigenvalue weighted by Crippen LogP contribution is 2.20. The summed E-state index contributed by atoms with van der Waals surface area (Å²) in [5, 5.41) is 0. The molecule has 1 aromatic heterocycles. The first kappa shape index (κ1) is 14.1. The van der Waals surface area contributed by atoms with Gasteiger partial charge in [0.25, 0.3) is 10.0 Å². The number of aromatic amines is 1. The van der Waals surface area contributed by atoms with Crippen LogP contribution in [0.4, 0.5) is 18.9 Å². The van der Waals surface area contributed by atoms with Gasteiger partial charge in [0.1, 0.15) is 4.90 Å². The topological polar surface area (TPSA) is 79.0 Å². The number of halogens is 3. The van der Waals surface area contributed by atoms with Crippen LogP contribution < -0.4 is 10.3 Å². The van der Waals surface area contributed by atoms with Gasteiger partial charge in [0.15, 0.2) is 17.5 Å². The Balaban J connectivity index is 2.38. The van der Waals surface area contributed by atoms with Crippen molar-refractivity contribution in [3.63, 3.8) is 0 Å². The Bertz CT molecular complexity index is 774. The Labute approximate surface area is 111 Å². The minimum atomic E-state index is -4.15. The van der Waals surface area contributed by atoms with Crippen LogP contribution in [0.15, 0.2) is 40.2 Å². The van der Waals surface area contributed by atoms with Gasteiger partial charge in [-0.05, 0) is 6.07 Å². The molecule has 1 heterocycles. The summed E-state index contributed by atoms with van der Waals surface area (Å²) >= 11 is 0. The van der Waals surface area contributed by atoms with Gasteiger partial charge >= 0.3 is 0 Å². The lowest BCUT2D eigenvalue weighted by molar-refractivity contribution is 0.448. The summed E-state index contributed by atoms with van der Waals surface area (Å²) in [4.78, 5) is 12.6. The van der Waals surface area contributed by atoms with E-state index in [1.54, 1.807) is 0 Å². The number of pyridine rings is 1. The fourth-order valence-corrected chi connectivity index (χ4v) is 2.40. The van der Waals surface area contributed by atoms with Gasteiger partial charge in [0.2, 0.25) is 5.56 Å². The molecule has 9 heteroatoms. The number of rotatable bonds is 3. The van der Waals surface area contributed by atoms with Gasteiger partial charge in [0.05, 0.1) is 5.69 Å². The van der Waals surface area contributed by atoms with Crippen molar-refractivity contribution in [2.24, 2.45) is 0 Å². The molecule has 0 saturated carbocycles. The lowest BCUT2D eigenvalue weighted by Crippen LogP contribution is -2.15. The fraction of sp³-hybridized carbons (Fsp3) is 0. The molecule has 1 aromatic carbocycles. The van der Waals surface area contributed by atoms with Gasteiger partial charge in [-0.15, -0.1) is 0 Å². The lowest BCUT2D eigenvalue weighted by Gasteiger charge is -2.08. The summed E-state index contributed by atoms with van der Waals surface area (Å²) in [6.45, 7) is 0. The molecule has 0 bridgehead atoms. The van der Waals surface area contributed by atoms with Crippen LogP contribution in [0.25, 0.3) is 0 Å². The predicted molar refractivity (Wildman–Crippen MR) is 64.2 cm³/mol. The number of aromatic nitrogens is 1. The summed E-state index contributed by atoms with van der Waals surface area (Å²) in [6, 6.07) is 2.99. The summed E-state index contributed by atoms with van der Waals surface area (Å²) in [6.07, 6.45) is 0.918. The average Bonchev–Trinajstić information content (AvgIpc) is 2.36. The van der Waals surface area contributed by atoms with Crippen molar-refractivity contribution in [3.05, 3.63) is 58.3 Å². The number of hydrogen-bond acceptors (Lipinski definition) is 3. The van der Waals surface area contributed by atoms with E-state index in [9.17, 15) is 26.4 Å². The van der Waals surface area contributed by atoms with Crippen LogP contribution in [-0.2, 0) is 10.0 Å². The Hall–Kier alpha value is -2.29. The molecule has 0 amide bonds. The maximum atomic E-state index is 13.0. The first-order valence-electron chi connectivity index (χ1n) is 5.16. The van der Waals surface area contributed by atoms with E-state index in [-0.39, 0.29) is 4.90 Å². The molecule has 0 spiro atoms. The summed E-state index contributed by atoms with van der Waals surface area (Å²) < 4.78 is 64.3. The Morgan fingerprint density at radius 1 is 1.05 bits per heavy atom. The van der Waals surface area contributed by atoms with E-state index in [0.29, 0.717) is 12.1 Å². The molecule has 0 aliphatic carbocycles. The maximum absolute atomic E-state index is 13.0. The van der Waals surface area contributed by atoms with Crippen LogP contribution in [0, 0.1) is 17.5 Å². The molecule has 0 unspecified atom stereocenters. The van der Waals surface area contributed by atoms with E-state index in [2.05, 4.69) is 4.98 Å². The van der Waals surface area contributed by atoms with Gasteiger partial charge in [-0.25, -0.2) is 21.6 Å². The number of nitrogens with one attached hydrogen (secondary N) is 2. The molecule has 2 N–H and O–H groups in total. The smallest absolute Gasteiger partial charge is 0.263 e. The van der Waals surface area contributed by atoms with Crippen molar-refractivity contribution in [1.82, 2.24) is 4.98 Å². The fourth-order valence-electron chi connectivity index (χ4n) is 1.39. The summed E-state index contributed by atoms with van der Waals surface area (Å²) in [5.74, 6) is -4.75. The molecule has 106 valence electrons. The SMILES string of the molecule is O=c1ccc(S(=O)(=O)Nc2cc(F)c(F)c(F)c2)c[nH]1. The second kappa shape index (κ2) is 5.00. The highest BCUT2D eigenvalue weighted by atomic mass is 32.2. The zero-order valence-corrected chi connectivity index (χ0v) is 10.5. The monoisotopic (exact) mass is 304 g/mol. The van der Waals surface area contributed by atoms with Crippen molar-refractivity contribution >= 4 is 15.7 Å². The number of sulfonamides is 1. The van der Waals surface area contributed by atoms with E-state index in [1.165, 1.54) is 0 Å². The Morgan fingerprint density at radius 3 is 2.15 bits per heavy atom. The molecule has 2 aromatic rings. The highest BCUT2D eigenvalue weighted by Gasteiger charge is 2.17. The van der Waals surface area contributed by atoms with Crippen LogP contribution in [0.2, 0.25) is 0 Å². The summed E-state index contributed by atoms with van der Waals surface area (Å²) in [7, 11) is -4.15. The average molecular weight is 304 g/mol. The molecule has 0 saturated heterocycles. The molecule has 2 rings (SSSR count). The molecule has 0 fully saturated rings. The second-order valence-corrected chi connectivity index (χ2v) is 5.43. The van der Waals surface area contributed by atoms with Crippen molar-refractivity contribution in [2.75, 3.05) is 4.72 Å². The zero-order chi connectivity index (χ0) is 14.9. The van der Waals surface area contributed by atoms with Crippen molar-refractivity contribution in [2.45, 2.75) is 4.90 Å².